The summed E-state index contributed by atoms with van der Waals surface area (Å²) in [6.45, 7) is 5.03. The summed E-state index contributed by atoms with van der Waals surface area (Å²) in [6.07, 6.45) is 5.63. The molecule has 1 aliphatic heterocycles. The maximum absolute atomic E-state index is 12.3. The van der Waals surface area contributed by atoms with Crippen LogP contribution in [0.15, 0.2) is 41.9 Å². The first-order valence-electron chi connectivity index (χ1n) is 8.16. The van der Waals surface area contributed by atoms with E-state index in [0.29, 0.717) is 24.6 Å². The first kappa shape index (κ1) is 17.0. The van der Waals surface area contributed by atoms with Crippen LogP contribution in [0.4, 0.5) is 5.82 Å². The number of pyridine rings is 2. The van der Waals surface area contributed by atoms with E-state index in [0.717, 1.165) is 23.3 Å². The van der Waals surface area contributed by atoms with Gasteiger partial charge in [0.25, 0.3) is 5.91 Å². The van der Waals surface area contributed by atoms with Gasteiger partial charge in [-0.05, 0) is 37.1 Å². The first-order valence-corrected chi connectivity index (χ1v) is 8.16. The second-order valence-corrected chi connectivity index (χ2v) is 5.73. The maximum atomic E-state index is 12.3. The fourth-order valence-electron chi connectivity index (χ4n) is 2.26. The molecular weight excluding hydrogens is 320 g/mol. The first-order chi connectivity index (χ1) is 12.2. The molecule has 7 heteroatoms. The molecule has 0 bridgehead atoms. The van der Waals surface area contributed by atoms with Crippen LogP contribution >= 0.6 is 0 Å². The lowest BCUT2D eigenvalue weighted by Gasteiger charge is -2.23. The molecule has 3 heterocycles. The summed E-state index contributed by atoms with van der Waals surface area (Å²) in [7, 11) is 0. The van der Waals surface area contributed by atoms with Crippen molar-refractivity contribution in [1.82, 2.24) is 9.97 Å². The van der Waals surface area contributed by atoms with Crippen LogP contribution in [0.3, 0.4) is 0 Å². The van der Waals surface area contributed by atoms with Crippen LogP contribution < -0.4 is 5.32 Å². The molecule has 1 fully saturated rings. The van der Waals surface area contributed by atoms with Crippen molar-refractivity contribution in [3.8, 4) is 0 Å². The van der Waals surface area contributed by atoms with Crippen molar-refractivity contribution in [1.29, 1.82) is 0 Å². The van der Waals surface area contributed by atoms with Gasteiger partial charge in [-0.2, -0.15) is 0 Å². The number of amides is 1. The summed E-state index contributed by atoms with van der Waals surface area (Å²) in [5, 5.41) is 6.96. The largest absolute Gasteiger partial charge is 0.387 e. The third-order valence-electron chi connectivity index (χ3n) is 3.88. The number of oxime groups is 1. The van der Waals surface area contributed by atoms with Crippen molar-refractivity contribution < 1.29 is 14.4 Å². The van der Waals surface area contributed by atoms with E-state index >= 15 is 0 Å². The molecule has 1 aliphatic rings. The number of rotatable bonds is 6. The Morgan fingerprint density at radius 1 is 1.36 bits per heavy atom. The maximum Gasteiger partial charge on any atom is 0.258 e. The topological polar surface area (TPSA) is 85.7 Å². The number of hydrogen-bond donors (Lipinski definition) is 1. The van der Waals surface area contributed by atoms with E-state index in [1.165, 1.54) is 0 Å². The van der Waals surface area contributed by atoms with Gasteiger partial charge in [0.05, 0.1) is 24.5 Å². The summed E-state index contributed by atoms with van der Waals surface area (Å²) in [6, 6.07) is 5.40. The Kier molecular flexibility index (Phi) is 5.35. The predicted molar refractivity (Wildman–Crippen MR) is 93.7 cm³/mol. The van der Waals surface area contributed by atoms with E-state index in [-0.39, 0.29) is 12.0 Å². The molecule has 0 unspecified atom stereocenters. The molecule has 0 atom stereocenters. The van der Waals surface area contributed by atoms with Gasteiger partial charge in [-0.1, -0.05) is 12.1 Å². The van der Waals surface area contributed by atoms with Crippen molar-refractivity contribution in [2.75, 3.05) is 18.5 Å². The summed E-state index contributed by atoms with van der Waals surface area (Å²) in [4.78, 5) is 26.0. The SMILES string of the molecule is CC/C(=N/OC1COC1)c1ccc(NC(=O)c2cnccc2C)nc1. The molecule has 1 saturated heterocycles. The smallest absolute Gasteiger partial charge is 0.258 e. The van der Waals surface area contributed by atoms with Crippen molar-refractivity contribution in [3.63, 3.8) is 0 Å². The number of anilines is 1. The number of aryl methyl sites for hydroxylation is 1. The number of ether oxygens (including phenoxy) is 1. The Morgan fingerprint density at radius 3 is 2.80 bits per heavy atom. The third-order valence-corrected chi connectivity index (χ3v) is 3.88. The van der Waals surface area contributed by atoms with Crippen LogP contribution in [0, 0.1) is 6.92 Å². The van der Waals surface area contributed by atoms with Crippen molar-refractivity contribution >= 4 is 17.4 Å². The highest BCUT2D eigenvalue weighted by Gasteiger charge is 2.20. The number of carbonyl (C=O) groups excluding carboxylic acids is 1. The van der Waals surface area contributed by atoms with Gasteiger partial charge in [0.15, 0.2) is 6.10 Å². The van der Waals surface area contributed by atoms with Gasteiger partial charge < -0.3 is 14.9 Å². The fourth-order valence-corrected chi connectivity index (χ4v) is 2.26. The molecular formula is C18H20N4O3. The minimum absolute atomic E-state index is 0.0378. The summed E-state index contributed by atoms with van der Waals surface area (Å²) in [5.41, 5.74) is 3.06. The van der Waals surface area contributed by atoms with Gasteiger partial charge in [-0.15, -0.1) is 0 Å². The summed E-state index contributed by atoms with van der Waals surface area (Å²) < 4.78 is 5.05. The minimum atomic E-state index is -0.233. The van der Waals surface area contributed by atoms with Crippen LogP contribution in [0.2, 0.25) is 0 Å². The number of nitrogens with zero attached hydrogens (tertiary/aromatic N) is 3. The highest BCUT2D eigenvalue weighted by molar-refractivity contribution is 6.05. The zero-order valence-corrected chi connectivity index (χ0v) is 14.2. The third kappa shape index (κ3) is 4.19. The van der Waals surface area contributed by atoms with Gasteiger partial charge >= 0.3 is 0 Å². The lowest BCUT2D eigenvalue weighted by molar-refractivity contribution is -0.129. The summed E-state index contributed by atoms with van der Waals surface area (Å²) in [5.74, 6) is 0.240. The lowest BCUT2D eigenvalue weighted by Crippen LogP contribution is -2.34. The molecule has 0 radical (unpaired) electrons. The second-order valence-electron chi connectivity index (χ2n) is 5.73. The van der Waals surface area contributed by atoms with E-state index in [1.54, 1.807) is 30.7 Å². The number of aromatic nitrogens is 2. The Bertz CT molecular complexity index is 770. The predicted octanol–water partition coefficient (Wildman–Crippen LogP) is 2.57. The second kappa shape index (κ2) is 7.85. The number of hydrogen-bond acceptors (Lipinski definition) is 6. The Morgan fingerprint density at radius 2 is 2.20 bits per heavy atom. The fraction of sp³-hybridized carbons (Fsp3) is 0.333. The molecule has 1 amide bonds. The van der Waals surface area contributed by atoms with Crippen LogP contribution in [0.1, 0.15) is 34.8 Å². The number of nitrogens with one attached hydrogen (secondary N) is 1. The van der Waals surface area contributed by atoms with Crippen LogP contribution in [0.5, 0.6) is 0 Å². The lowest BCUT2D eigenvalue weighted by atomic mass is 10.1. The van der Waals surface area contributed by atoms with E-state index in [4.69, 9.17) is 9.57 Å². The van der Waals surface area contributed by atoms with Gasteiger partial charge in [-0.3, -0.25) is 9.78 Å². The monoisotopic (exact) mass is 340 g/mol. The zero-order chi connectivity index (χ0) is 17.6. The Balaban J connectivity index is 1.67. The Hall–Kier alpha value is -2.80. The van der Waals surface area contributed by atoms with Crippen LogP contribution in [-0.4, -0.2) is 40.9 Å². The van der Waals surface area contributed by atoms with E-state index in [1.807, 2.05) is 19.9 Å². The molecule has 0 aromatic carbocycles. The van der Waals surface area contributed by atoms with Crippen LogP contribution in [0.25, 0.3) is 0 Å². The van der Waals surface area contributed by atoms with E-state index in [2.05, 4.69) is 20.4 Å². The molecule has 0 aliphatic carbocycles. The van der Waals surface area contributed by atoms with Crippen molar-refractivity contribution in [3.05, 3.63) is 53.5 Å². The molecule has 25 heavy (non-hydrogen) atoms. The molecule has 0 saturated carbocycles. The van der Waals surface area contributed by atoms with Gasteiger partial charge in [-0.25, -0.2) is 4.98 Å². The highest BCUT2D eigenvalue weighted by atomic mass is 16.7. The van der Waals surface area contributed by atoms with Crippen molar-refractivity contribution in [2.45, 2.75) is 26.4 Å². The molecule has 2 aromatic heterocycles. The standard InChI is InChI=1S/C18H20N4O3/c1-3-16(22-25-14-10-24-11-14)13-4-5-17(20-8-13)21-18(23)15-9-19-7-6-12(15)2/h4-9,14H,3,10-11H2,1-2H3,(H,20,21,23)/b22-16-. The molecule has 0 spiro atoms. The Labute approximate surface area is 146 Å². The summed E-state index contributed by atoms with van der Waals surface area (Å²) >= 11 is 0. The van der Waals surface area contributed by atoms with Gasteiger partial charge in [0.1, 0.15) is 5.82 Å². The average molecular weight is 340 g/mol. The molecule has 7 nitrogen and oxygen atoms in total. The molecule has 130 valence electrons. The van der Waals surface area contributed by atoms with Crippen molar-refractivity contribution in [2.24, 2.45) is 5.16 Å². The van der Waals surface area contributed by atoms with Gasteiger partial charge in [0, 0.05) is 24.2 Å². The quantitative estimate of drug-likeness (QED) is 0.645. The molecule has 2 aromatic rings. The number of carbonyl (C=O) groups is 1. The van der Waals surface area contributed by atoms with E-state index in [9.17, 15) is 4.79 Å². The normalized spacial score (nSPS) is 14.7. The van der Waals surface area contributed by atoms with Gasteiger partial charge in [0.2, 0.25) is 0 Å². The minimum Gasteiger partial charge on any atom is -0.387 e. The van der Waals surface area contributed by atoms with E-state index < -0.39 is 0 Å². The average Bonchev–Trinajstić information content (AvgIpc) is 2.58. The van der Waals surface area contributed by atoms with Crippen LogP contribution in [-0.2, 0) is 9.57 Å². The highest BCUT2D eigenvalue weighted by Crippen LogP contribution is 2.13. The molecule has 3 rings (SSSR count). The molecule has 1 N–H and O–H groups in total. The zero-order valence-electron chi connectivity index (χ0n) is 14.2.